The lowest BCUT2D eigenvalue weighted by atomic mass is 9.80. The Balaban J connectivity index is 1.79. The molecule has 2 rings (SSSR count). The molecule has 19 heavy (non-hydrogen) atoms. The first-order valence-corrected chi connectivity index (χ1v) is 7.40. The maximum absolute atomic E-state index is 5.21. The summed E-state index contributed by atoms with van der Waals surface area (Å²) in [5.41, 5.74) is 0. The lowest BCUT2D eigenvalue weighted by Gasteiger charge is -2.26. The number of aromatic nitrogens is 2. The minimum Gasteiger partial charge on any atom is -0.383 e. The Bertz CT molecular complexity index is 359. The van der Waals surface area contributed by atoms with Crippen molar-refractivity contribution in [1.82, 2.24) is 10.1 Å². The molecule has 5 heteroatoms. The van der Waals surface area contributed by atoms with Crippen LogP contribution in [0.4, 0.5) is 6.01 Å². The summed E-state index contributed by atoms with van der Waals surface area (Å²) < 4.78 is 10.2. The van der Waals surface area contributed by atoms with Gasteiger partial charge in [-0.3, -0.25) is 0 Å². The third kappa shape index (κ3) is 4.20. The highest BCUT2D eigenvalue weighted by molar-refractivity contribution is 5.19. The predicted molar refractivity (Wildman–Crippen MR) is 74.3 cm³/mol. The molecule has 108 valence electrons. The van der Waals surface area contributed by atoms with Crippen molar-refractivity contribution in [3.63, 3.8) is 0 Å². The number of rotatable bonds is 7. The molecule has 0 atom stereocenters. The summed E-state index contributed by atoms with van der Waals surface area (Å²) in [5.74, 6) is 2.26. The summed E-state index contributed by atoms with van der Waals surface area (Å²) in [4.78, 5) is 4.43. The second kappa shape index (κ2) is 7.48. The SMILES string of the molecule is CCCC1CCC(c2noc(NCCOC)n2)CC1. The molecule has 0 spiro atoms. The van der Waals surface area contributed by atoms with Gasteiger partial charge in [-0.2, -0.15) is 4.98 Å². The summed E-state index contributed by atoms with van der Waals surface area (Å²) in [7, 11) is 1.68. The highest BCUT2D eigenvalue weighted by Crippen LogP contribution is 2.36. The van der Waals surface area contributed by atoms with Crippen molar-refractivity contribution in [2.24, 2.45) is 5.92 Å². The minimum absolute atomic E-state index is 0.481. The van der Waals surface area contributed by atoms with Crippen LogP contribution in [0.1, 0.15) is 57.2 Å². The number of nitrogens with one attached hydrogen (secondary N) is 1. The topological polar surface area (TPSA) is 60.2 Å². The third-order valence-electron chi connectivity index (χ3n) is 3.93. The van der Waals surface area contributed by atoms with E-state index in [9.17, 15) is 0 Å². The molecular weight excluding hydrogens is 242 g/mol. The summed E-state index contributed by atoms with van der Waals surface area (Å²) >= 11 is 0. The fraction of sp³-hybridized carbons (Fsp3) is 0.857. The smallest absolute Gasteiger partial charge is 0.321 e. The summed E-state index contributed by atoms with van der Waals surface area (Å²) in [6.45, 7) is 3.60. The Morgan fingerprint density at radius 1 is 1.32 bits per heavy atom. The summed E-state index contributed by atoms with van der Waals surface area (Å²) in [5, 5.41) is 7.17. The molecule has 1 saturated carbocycles. The van der Waals surface area contributed by atoms with Crippen LogP contribution >= 0.6 is 0 Å². The lowest BCUT2D eigenvalue weighted by molar-refractivity contribution is 0.210. The van der Waals surface area contributed by atoms with Crippen molar-refractivity contribution >= 4 is 6.01 Å². The summed E-state index contributed by atoms with van der Waals surface area (Å²) in [6.07, 6.45) is 7.66. The number of hydrogen-bond donors (Lipinski definition) is 1. The van der Waals surface area contributed by atoms with Gasteiger partial charge in [0.2, 0.25) is 0 Å². The molecule has 0 unspecified atom stereocenters. The van der Waals surface area contributed by atoms with Crippen LogP contribution < -0.4 is 5.32 Å². The first-order valence-electron chi connectivity index (χ1n) is 7.40. The lowest BCUT2D eigenvalue weighted by Crippen LogP contribution is -2.14. The largest absolute Gasteiger partial charge is 0.383 e. The van der Waals surface area contributed by atoms with Crippen molar-refractivity contribution < 1.29 is 9.26 Å². The monoisotopic (exact) mass is 267 g/mol. The molecule has 0 radical (unpaired) electrons. The molecule has 1 fully saturated rings. The van der Waals surface area contributed by atoms with Crippen LogP contribution in [0.2, 0.25) is 0 Å². The Labute approximate surface area is 115 Å². The van der Waals surface area contributed by atoms with E-state index in [1.807, 2.05) is 0 Å². The van der Waals surface area contributed by atoms with Crippen LogP contribution in [0, 0.1) is 5.92 Å². The maximum atomic E-state index is 5.21. The van der Waals surface area contributed by atoms with Gasteiger partial charge in [0.15, 0.2) is 5.82 Å². The Morgan fingerprint density at radius 3 is 2.79 bits per heavy atom. The van der Waals surface area contributed by atoms with E-state index >= 15 is 0 Å². The fourth-order valence-corrected chi connectivity index (χ4v) is 2.85. The predicted octanol–water partition coefficient (Wildman–Crippen LogP) is 3.20. The number of hydrogen-bond acceptors (Lipinski definition) is 5. The van der Waals surface area contributed by atoms with E-state index < -0.39 is 0 Å². The van der Waals surface area contributed by atoms with Crippen molar-refractivity contribution in [2.45, 2.75) is 51.4 Å². The molecule has 1 aromatic heterocycles. The van der Waals surface area contributed by atoms with Crippen LogP contribution in [0.5, 0.6) is 0 Å². The van der Waals surface area contributed by atoms with Gasteiger partial charge < -0.3 is 14.6 Å². The molecule has 5 nitrogen and oxygen atoms in total. The van der Waals surface area contributed by atoms with Gasteiger partial charge in [0.1, 0.15) is 0 Å². The molecule has 0 bridgehead atoms. The highest BCUT2D eigenvalue weighted by Gasteiger charge is 2.25. The van der Waals surface area contributed by atoms with Crippen molar-refractivity contribution in [3.05, 3.63) is 5.82 Å². The van der Waals surface area contributed by atoms with E-state index in [0.717, 1.165) is 11.7 Å². The number of methoxy groups -OCH3 is 1. The van der Waals surface area contributed by atoms with Gasteiger partial charge in [0, 0.05) is 19.6 Å². The quantitative estimate of drug-likeness (QED) is 0.769. The highest BCUT2D eigenvalue weighted by atomic mass is 16.5. The first-order chi connectivity index (χ1) is 9.33. The average molecular weight is 267 g/mol. The van der Waals surface area contributed by atoms with E-state index in [1.165, 1.54) is 38.5 Å². The van der Waals surface area contributed by atoms with Gasteiger partial charge in [0.05, 0.1) is 6.61 Å². The number of ether oxygens (including phenoxy) is 1. The van der Waals surface area contributed by atoms with Crippen LogP contribution in [0.25, 0.3) is 0 Å². The van der Waals surface area contributed by atoms with E-state index in [4.69, 9.17) is 9.26 Å². The average Bonchev–Trinajstić information content (AvgIpc) is 2.89. The van der Waals surface area contributed by atoms with Crippen molar-refractivity contribution in [3.8, 4) is 0 Å². The second-order valence-corrected chi connectivity index (χ2v) is 5.38. The molecule has 1 aromatic rings. The molecule has 1 heterocycles. The zero-order valence-electron chi connectivity index (χ0n) is 12.0. The van der Waals surface area contributed by atoms with E-state index in [0.29, 0.717) is 25.1 Å². The number of nitrogens with zero attached hydrogens (tertiary/aromatic N) is 2. The fourth-order valence-electron chi connectivity index (χ4n) is 2.85. The van der Waals surface area contributed by atoms with Crippen LogP contribution in [-0.2, 0) is 4.74 Å². The van der Waals surface area contributed by atoms with Crippen molar-refractivity contribution in [2.75, 3.05) is 25.6 Å². The molecule has 0 aliphatic heterocycles. The molecular formula is C14H25N3O2. The van der Waals surface area contributed by atoms with Gasteiger partial charge in [-0.05, 0) is 31.6 Å². The Kier molecular flexibility index (Phi) is 5.63. The summed E-state index contributed by atoms with van der Waals surface area (Å²) in [6, 6.07) is 0.516. The third-order valence-corrected chi connectivity index (χ3v) is 3.93. The molecule has 0 amide bonds. The van der Waals surface area contributed by atoms with E-state index in [2.05, 4.69) is 22.4 Å². The maximum Gasteiger partial charge on any atom is 0.321 e. The van der Waals surface area contributed by atoms with Crippen LogP contribution in [0.15, 0.2) is 4.52 Å². The standard InChI is InChI=1S/C14H25N3O2/c1-3-4-11-5-7-12(8-6-11)13-16-14(19-17-13)15-9-10-18-2/h11-12H,3-10H2,1-2H3,(H,15,16,17). The minimum atomic E-state index is 0.481. The van der Waals surface area contributed by atoms with Gasteiger partial charge >= 0.3 is 6.01 Å². The van der Waals surface area contributed by atoms with Gasteiger partial charge in [-0.25, -0.2) is 0 Å². The number of anilines is 1. The Hall–Kier alpha value is -1.10. The molecule has 1 N–H and O–H groups in total. The van der Waals surface area contributed by atoms with Crippen LogP contribution in [0.3, 0.4) is 0 Å². The molecule has 1 aliphatic carbocycles. The van der Waals surface area contributed by atoms with Gasteiger partial charge in [-0.15, -0.1) is 0 Å². The van der Waals surface area contributed by atoms with Gasteiger partial charge in [-0.1, -0.05) is 24.9 Å². The van der Waals surface area contributed by atoms with Gasteiger partial charge in [0.25, 0.3) is 0 Å². The van der Waals surface area contributed by atoms with E-state index in [-0.39, 0.29) is 0 Å². The Morgan fingerprint density at radius 2 is 2.11 bits per heavy atom. The molecule has 0 saturated heterocycles. The molecule has 1 aliphatic rings. The normalized spacial score (nSPS) is 23.5. The molecule has 0 aromatic carbocycles. The first kappa shape index (κ1) is 14.3. The second-order valence-electron chi connectivity index (χ2n) is 5.38. The van der Waals surface area contributed by atoms with E-state index in [1.54, 1.807) is 7.11 Å². The zero-order chi connectivity index (χ0) is 13.5. The van der Waals surface area contributed by atoms with Crippen molar-refractivity contribution in [1.29, 1.82) is 0 Å². The van der Waals surface area contributed by atoms with Crippen LogP contribution in [-0.4, -0.2) is 30.4 Å². The zero-order valence-corrected chi connectivity index (χ0v) is 12.0.